The van der Waals surface area contributed by atoms with Crippen LogP contribution in [0.4, 0.5) is 10.5 Å². The van der Waals surface area contributed by atoms with E-state index >= 15 is 0 Å². The summed E-state index contributed by atoms with van der Waals surface area (Å²) < 4.78 is 5.39. The lowest BCUT2D eigenvalue weighted by Crippen LogP contribution is -2.50. The molecule has 0 atom stereocenters. The highest BCUT2D eigenvalue weighted by atomic mass is 32.2. The van der Waals surface area contributed by atoms with Crippen LogP contribution in [0.1, 0.15) is 20.8 Å². The standard InChI is InChI=1S/C15H20N4O2S/c1-15(2,3)21-14(20)19-8-6-18(7-9-19)12-4-5-17-10-13(12)22-11-16/h4-5,10H,6-9H2,1-3H3. The lowest BCUT2D eigenvalue weighted by atomic mass is 10.2. The molecule has 1 aliphatic heterocycles. The minimum atomic E-state index is -0.476. The third kappa shape index (κ3) is 4.28. The van der Waals surface area contributed by atoms with Crippen molar-refractivity contribution in [3.05, 3.63) is 18.5 Å². The van der Waals surface area contributed by atoms with Crippen molar-refractivity contribution in [3.8, 4) is 5.40 Å². The van der Waals surface area contributed by atoms with Crippen molar-refractivity contribution in [1.29, 1.82) is 5.26 Å². The number of thioether (sulfide) groups is 1. The van der Waals surface area contributed by atoms with Gasteiger partial charge in [-0.3, -0.25) is 4.98 Å². The Kier molecular flexibility index (Phi) is 5.14. The van der Waals surface area contributed by atoms with E-state index in [1.165, 1.54) is 0 Å². The number of anilines is 1. The average Bonchev–Trinajstić information content (AvgIpc) is 2.47. The number of carbonyl (C=O) groups is 1. The van der Waals surface area contributed by atoms with E-state index < -0.39 is 5.60 Å². The molecule has 1 aromatic heterocycles. The normalized spacial score (nSPS) is 15.4. The summed E-state index contributed by atoms with van der Waals surface area (Å²) >= 11 is 1.11. The minimum Gasteiger partial charge on any atom is -0.444 e. The van der Waals surface area contributed by atoms with Gasteiger partial charge in [0.15, 0.2) is 0 Å². The van der Waals surface area contributed by atoms with E-state index in [0.29, 0.717) is 26.2 Å². The Morgan fingerprint density at radius 2 is 2.05 bits per heavy atom. The van der Waals surface area contributed by atoms with Gasteiger partial charge in [0, 0.05) is 38.6 Å². The number of amides is 1. The Morgan fingerprint density at radius 3 is 2.64 bits per heavy atom. The van der Waals surface area contributed by atoms with Crippen LogP contribution in [0.15, 0.2) is 23.4 Å². The van der Waals surface area contributed by atoms with Gasteiger partial charge in [0.05, 0.1) is 10.6 Å². The molecule has 0 spiro atoms. The zero-order valence-corrected chi connectivity index (χ0v) is 13.9. The topological polar surface area (TPSA) is 69.5 Å². The van der Waals surface area contributed by atoms with E-state index in [9.17, 15) is 4.79 Å². The minimum absolute atomic E-state index is 0.270. The molecule has 1 aromatic rings. The summed E-state index contributed by atoms with van der Waals surface area (Å²) in [6.45, 7) is 8.23. The molecule has 0 bridgehead atoms. The maximum Gasteiger partial charge on any atom is 0.410 e. The van der Waals surface area contributed by atoms with Gasteiger partial charge in [0.2, 0.25) is 0 Å². The molecule has 2 heterocycles. The average molecular weight is 320 g/mol. The fourth-order valence-electron chi connectivity index (χ4n) is 2.22. The van der Waals surface area contributed by atoms with E-state index in [4.69, 9.17) is 10.00 Å². The van der Waals surface area contributed by atoms with Gasteiger partial charge >= 0.3 is 6.09 Å². The molecule has 1 fully saturated rings. The summed E-state index contributed by atoms with van der Waals surface area (Å²) in [5.41, 5.74) is 0.515. The number of ether oxygens (including phenoxy) is 1. The first-order valence-electron chi connectivity index (χ1n) is 7.13. The van der Waals surface area contributed by atoms with Crippen LogP contribution in [0, 0.1) is 10.7 Å². The Morgan fingerprint density at radius 1 is 1.36 bits per heavy atom. The molecular formula is C15H20N4O2S. The third-order valence-corrected chi connectivity index (χ3v) is 3.82. The number of hydrogen-bond donors (Lipinski definition) is 0. The highest BCUT2D eigenvalue weighted by molar-refractivity contribution is 8.03. The van der Waals surface area contributed by atoms with Crippen molar-refractivity contribution in [2.24, 2.45) is 0 Å². The van der Waals surface area contributed by atoms with Crippen LogP contribution in [0.5, 0.6) is 0 Å². The lowest BCUT2D eigenvalue weighted by molar-refractivity contribution is 0.0240. The fraction of sp³-hybridized carbons (Fsp3) is 0.533. The quantitative estimate of drug-likeness (QED) is 0.616. The molecule has 118 valence electrons. The van der Waals surface area contributed by atoms with Gasteiger partial charge in [-0.2, -0.15) is 5.26 Å². The summed E-state index contributed by atoms with van der Waals surface area (Å²) in [6, 6.07) is 1.91. The summed E-state index contributed by atoms with van der Waals surface area (Å²) in [7, 11) is 0. The predicted octanol–water partition coefficient (Wildman–Crippen LogP) is 2.71. The molecule has 1 amide bonds. The Bertz CT molecular complexity index is 572. The van der Waals surface area contributed by atoms with Crippen molar-refractivity contribution in [3.63, 3.8) is 0 Å². The summed E-state index contributed by atoms with van der Waals surface area (Å²) in [5, 5.41) is 10.9. The van der Waals surface area contributed by atoms with Crippen LogP contribution in [-0.4, -0.2) is 47.8 Å². The number of thiocyanates is 1. The highest BCUT2D eigenvalue weighted by Crippen LogP contribution is 2.29. The van der Waals surface area contributed by atoms with Gasteiger partial charge in [-0.05, 0) is 38.6 Å². The lowest BCUT2D eigenvalue weighted by Gasteiger charge is -2.37. The van der Waals surface area contributed by atoms with E-state index in [0.717, 1.165) is 22.3 Å². The van der Waals surface area contributed by atoms with E-state index in [2.05, 4.69) is 15.3 Å². The number of pyridine rings is 1. The Hall–Kier alpha value is -1.94. The van der Waals surface area contributed by atoms with Gasteiger partial charge in [-0.25, -0.2) is 4.79 Å². The zero-order chi connectivity index (χ0) is 16.2. The van der Waals surface area contributed by atoms with Gasteiger partial charge in [-0.1, -0.05) is 0 Å². The van der Waals surface area contributed by atoms with Crippen molar-refractivity contribution < 1.29 is 9.53 Å². The SMILES string of the molecule is CC(C)(C)OC(=O)N1CCN(c2ccncc2SC#N)CC1. The second-order valence-corrected chi connectivity index (χ2v) is 6.82. The second-order valence-electron chi connectivity index (χ2n) is 5.99. The third-order valence-electron chi connectivity index (χ3n) is 3.19. The van der Waals surface area contributed by atoms with Crippen molar-refractivity contribution >= 4 is 23.5 Å². The Balaban J connectivity index is 1.98. The first kappa shape index (κ1) is 16.4. The maximum atomic E-state index is 12.1. The van der Waals surface area contributed by atoms with Gasteiger partial charge in [0.1, 0.15) is 11.0 Å². The van der Waals surface area contributed by atoms with Gasteiger partial charge in [0.25, 0.3) is 0 Å². The smallest absolute Gasteiger partial charge is 0.410 e. The van der Waals surface area contributed by atoms with Crippen LogP contribution in [0.2, 0.25) is 0 Å². The molecule has 0 unspecified atom stereocenters. The van der Waals surface area contributed by atoms with Gasteiger partial charge in [-0.15, -0.1) is 0 Å². The molecule has 6 nitrogen and oxygen atoms in total. The molecule has 0 N–H and O–H groups in total. The molecule has 1 aliphatic rings. The molecule has 22 heavy (non-hydrogen) atoms. The van der Waals surface area contributed by atoms with E-state index in [1.54, 1.807) is 17.3 Å². The van der Waals surface area contributed by atoms with Crippen molar-refractivity contribution in [1.82, 2.24) is 9.88 Å². The summed E-state index contributed by atoms with van der Waals surface area (Å²) in [6.07, 6.45) is 3.15. The first-order chi connectivity index (χ1) is 10.4. The Labute approximate surface area is 135 Å². The zero-order valence-electron chi connectivity index (χ0n) is 13.1. The summed E-state index contributed by atoms with van der Waals surface area (Å²) in [4.78, 5) is 20.8. The molecule has 1 saturated heterocycles. The molecule has 0 aromatic carbocycles. The largest absolute Gasteiger partial charge is 0.444 e. The number of piperazine rings is 1. The number of aromatic nitrogens is 1. The molecular weight excluding hydrogens is 300 g/mol. The number of hydrogen-bond acceptors (Lipinski definition) is 6. The van der Waals surface area contributed by atoms with Crippen LogP contribution in [-0.2, 0) is 4.74 Å². The molecule has 7 heteroatoms. The predicted molar refractivity (Wildman–Crippen MR) is 85.7 cm³/mol. The molecule has 0 saturated carbocycles. The van der Waals surface area contributed by atoms with E-state index in [-0.39, 0.29) is 6.09 Å². The maximum absolute atomic E-state index is 12.1. The van der Waals surface area contributed by atoms with Crippen LogP contribution < -0.4 is 4.90 Å². The fourth-order valence-corrected chi connectivity index (χ4v) is 2.73. The van der Waals surface area contributed by atoms with E-state index in [1.807, 2.05) is 26.8 Å². The van der Waals surface area contributed by atoms with Crippen LogP contribution in [0.3, 0.4) is 0 Å². The number of rotatable bonds is 2. The number of nitrogens with zero attached hydrogens (tertiary/aromatic N) is 4. The van der Waals surface area contributed by atoms with Crippen LogP contribution in [0.25, 0.3) is 0 Å². The monoisotopic (exact) mass is 320 g/mol. The highest BCUT2D eigenvalue weighted by Gasteiger charge is 2.26. The molecule has 0 radical (unpaired) electrons. The number of carbonyl (C=O) groups excluding carboxylic acids is 1. The first-order valence-corrected chi connectivity index (χ1v) is 7.95. The van der Waals surface area contributed by atoms with Crippen molar-refractivity contribution in [2.45, 2.75) is 31.3 Å². The number of nitriles is 1. The second kappa shape index (κ2) is 6.88. The molecule has 0 aliphatic carbocycles. The summed E-state index contributed by atoms with van der Waals surface area (Å²) in [5.74, 6) is 0. The van der Waals surface area contributed by atoms with Crippen LogP contribution >= 0.6 is 11.8 Å². The van der Waals surface area contributed by atoms with Crippen molar-refractivity contribution in [2.75, 3.05) is 31.1 Å². The molecule has 2 rings (SSSR count). The van der Waals surface area contributed by atoms with Gasteiger partial charge < -0.3 is 14.5 Å².